The van der Waals surface area contributed by atoms with Gasteiger partial charge in [-0.25, -0.2) is 13.4 Å². The standard InChI is InChI=1S/C24H26ClN3O4S/c1-17-3-2-14-28(16-17)33(30,31)21-10-8-20(9-11-21)27-23(29)12-13-24-26-15-22(32-24)18-4-6-19(25)7-5-18/h4-11,15,17H,2-3,12-14,16H2,1H3,(H,27,29). The SMILES string of the molecule is CC1CCCN(S(=O)(=O)c2ccc(NC(=O)CCc3ncc(-c4ccc(Cl)cc4)o3)cc2)C1. The average molecular weight is 488 g/mol. The average Bonchev–Trinajstić information content (AvgIpc) is 3.28. The molecule has 1 aromatic heterocycles. The topological polar surface area (TPSA) is 92.5 Å². The van der Waals surface area contributed by atoms with Crippen LogP contribution in [0.25, 0.3) is 11.3 Å². The summed E-state index contributed by atoms with van der Waals surface area (Å²) in [6, 6.07) is 13.5. The van der Waals surface area contributed by atoms with Crippen molar-refractivity contribution in [3.63, 3.8) is 0 Å². The lowest BCUT2D eigenvalue weighted by molar-refractivity contribution is -0.116. The van der Waals surface area contributed by atoms with Crippen molar-refractivity contribution >= 4 is 33.2 Å². The molecule has 1 aliphatic rings. The summed E-state index contributed by atoms with van der Waals surface area (Å²) < 4.78 is 33.0. The molecule has 0 aliphatic carbocycles. The highest BCUT2D eigenvalue weighted by molar-refractivity contribution is 7.89. The fourth-order valence-electron chi connectivity index (χ4n) is 3.84. The van der Waals surface area contributed by atoms with Gasteiger partial charge in [0.25, 0.3) is 0 Å². The Morgan fingerprint density at radius 1 is 1.18 bits per heavy atom. The molecule has 1 saturated heterocycles. The lowest BCUT2D eigenvalue weighted by Gasteiger charge is -2.30. The van der Waals surface area contributed by atoms with E-state index in [9.17, 15) is 13.2 Å². The number of hydrogen-bond donors (Lipinski definition) is 1. The Kier molecular flexibility index (Phi) is 7.17. The number of oxazole rings is 1. The van der Waals surface area contributed by atoms with E-state index < -0.39 is 10.0 Å². The molecule has 7 nitrogen and oxygen atoms in total. The van der Waals surface area contributed by atoms with Gasteiger partial charge in [-0.15, -0.1) is 0 Å². The number of carbonyl (C=O) groups excluding carboxylic acids is 1. The summed E-state index contributed by atoms with van der Waals surface area (Å²) in [5.74, 6) is 1.23. The molecule has 0 bridgehead atoms. The van der Waals surface area contributed by atoms with E-state index in [0.717, 1.165) is 18.4 Å². The molecule has 0 radical (unpaired) electrons. The second-order valence-electron chi connectivity index (χ2n) is 8.31. The molecular formula is C24H26ClN3O4S. The number of carbonyl (C=O) groups is 1. The van der Waals surface area contributed by atoms with Crippen molar-refractivity contribution in [2.75, 3.05) is 18.4 Å². The van der Waals surface area contributed by atoms with Crippen LogP contribution in [0.3, 0.4) is 0 Å². The fourth-order valence-corrected chi connectivity index (χ4v) is 5.57. The van der Waals surface area contributed by atoms with Crippen molar-refractivity contribution in [3.8, 4) is 11.3 Å². The molecule has 33 heavy (non-hydrogen) atoms. The number of amides is 1. The molecule has 174 valence electrons. The number of piperidine rings is 1. The van der Waals surface area contributed by atoms with Crippen molar-refractivity contribution < 1.29 is 17.6 Å². The molecule has 3 aromatic rings. The van der Waals surface area contributed by atoms with Crippen LogP contribution in [0.4, 0.5) is 5.69 Å². The van der Waals surface area contributed by atoms with Gasteiger partial charge in [-0.3, -0.25) is 4.79 Å². The fraction of sp³-hybridized carbons (Fsp3) is 0.333. The smallest absolute Gasteiger partial charge is 0.243 e. The largest absolute Gasteiger partial charge is 0.441 e. The number of rotatable bonds is 7. The van der Waals surface area contributed by atoms with E-state index in [0.29, 0.717) is 47.8 Å². The van der Waals surface area contributed by atoms with Gasteiger partial charge in [0.15, 0.2) is 11.7 Å². The van der Waals surface area contributed by atoms with Gasteiger partial charge in [0.05, 0.1) is 11.1 Å². The van der Waals surface area contributed by atoms with Gasteiger partial charge >= 0.3 is 0 Å². The van der Waals surface area contributed by atoms with Crippen LogP contribution in [0.5, 0.6) is 0 Å². The zero-order valence-electron chi connectivity index (χ0n) is 18.3. The summed E-state index contributed by atoms with van der Waals surface area (Å²) in [4.78, 5) is 16.8. The van der Waals surface area contributed by atoms with E-state index in [-0.39, 0.29) is 17.2 Å². The van der Waals surface area contributed by atoms with Crippen LogP contribution in [0.2, 0.25) is 5.02 Å². The lowest BCUT2D eigenvalue weighted by atomic mass is 10.0. The first kappa shape index (κ1) is 23.5. The number of nitrogens with zero attached hydrogens (tertiary/aromatic N) is 2. The zero-order valence-corrected chi connectivity index (χ0v) is 19.9. The molecule has 4 rings (SSSR count). The van der Waals surface area contributed by atoms with E-state index in [1.807, 2.05) is 12.1 Å². The van der Waals surface area contributed by atoms with E-state index in [1.165, 1.54) is 12.1 Å². The Morgan fingerprint density at radius 3 is 2.61 bits per heavy atom. The minimum absolute atomic E-state index is 0.187. The van der Waals surface area contributed by atoms with Crippen LogP contribution in [0.1, 0.15) is 32.1 Å². The third-order valence-corrected chi connectivity index (χ3v) is 7.78. The zero-order chi connectivity index (χ0) is 23.4. The van der Waals surface area contributed by atoms with Crippen molar-refractivity contribution in [1.29, 1.82) is 0 Å². The molecule has 1 aliphatic heterocycles. The first-order chi connectivity index (χ1) is 15.8. The van der Waals surface area contributed by atoms with Crippen molar-refractivity contribution in [1.82, 2.24) is 9.29 Å². The van der Waals surface area contributed by atoms with Crippen LogP contribution in [-0.2, 0) is 21.2 Å². The summed E-state index contributed by atoms with van der Waals surface area (Å²) in [7, 11) is -3.52. The third-order valence-electron chi connectivity index (χ3n) is 5.64. The van der Waals surface area contributed by atoms with E-state index in [2.05, 4.69) is 17.2 Å². The van der Waals surface area contributed by atoms with E-state index >= 15 is 0 Å². The molecule has 0 saturated carbocycles. The molecule has 1 amide bonds. The normalized spacial score (nSPS) is 17.1. The van der Waals surface area contributed by atoms with Crippen LogP contribution < -0.4 is 5.32 Å². The number of sulfonamides is 1. The minimum atomic E-state index is -3.52. The van der Waals surface area contributed by atoms with Crippen LogP contribution in [0.15, 0.2) is 64.0 Å². The summed E-state index contributed by atoms with van der Waals surface area (Å²) >= 11 is 5.90. The summed E-state index contributed by atoms with van der Waals surface area (Å²) in [6.07, 6.45) is 4.08. The van der Waals surface area contributed by atoms with Gasteiger partial charge in [-0.2, -0.15) is 4.31 Å². The molecule has 1 atom stereocenters. The van der Waals surface area contributed by atoms with E-state index in [4.69, 9.17) is 16.0 Å². The van der Waals surface area contributed by atoms with Gasteiger partial charge in [0.1, 0.15) is 0 Å². The van der Waals surface area contributed by atoms with E-state index in [1.54, 1.807) is 34.8 Å². The highest BCUT2D eigenvalue weighted by Gasteiger charge is 2.28. The van der Waals surface area contributed by atoms with Crippen LogP contribution >= 0.6 is 11.6 Å². The lowest BCUT2D eigenvalue weighted by Crippen LogP contribution is -2.39. The van der Waals surface area contributed by atoms with Crippen molar-refractivity contribution in [2.24, 2.45) is 5.92 Å². The van der Waals surface area contributed by atoms with Gasteiger partial charge in [0, 0.05) is 42.2 Å². The van der Waals surface area contributed by atoms with Crippen LogP contribution in [-0.4, -0.2) is 36.7 Å². The Hall–Kier alpha value is -2.68. The Bertz CT molecular complexity index is 1210. The first-order valence-corrected chi connectivity index (χ1v) is 12.7. The highest BCUT2D eigenvalue weighted by atomic mass is 35.5. The number of benzene rings is 2. The number of anilines is 1. The summed E-state index contributed by atoms with van der Waals surface area (Å²) in [5.41, 5.74) is 1.40. The number of hydrogen-bond acceptors (Lipinski definition) is 5. The predicted octanol–water partition coefficient (Wildman–Crippen LogP) is 4.99. The van der Waals surface area contributed by atoms with Gasteiger partial charge in [-0.05, 0) is 67.3 Å². The maximum absolute atomic E-state index is 12.9. The second-order valence-corrected chi connectivity index (χ2v) is 10.7. The van der Waals surface area contributed by atoms with Crippen molar-refractivity contribution in [3.05, 3.63) is 65.6 Å². The second kappa shape index (κ2) is 10.1. The molecule has 1 N–H and O–H groups in total. The number of aryl methyl sites for hydroxylation is 1. The van der Waals surface area contributed by atoms with Crippen LogP contribution in [0, 0.1) is 5.92 Å². The Balaban J connectivity index is 1.31. The predicted molar refractivity (Wildman–Crippen MR) is 127 cm³/mol. The Morgan fingerprint density at radius 2 is 1.91 bits per heavy atom. The molecule has 9 heteroatoms. The maximum Gasteiger partial charge on any atom is 0.243 e. The summed E-state index contributed by atoms with van der Waals surface area (Å²) in [5, 5.41) is 3.43. The quantitative estimate of drug-likeness (QED) is 0.507. The Labute approximate surface area is 198 Å². The van der Waals surface area contributed by atoms with Gasteiger partial charge < -0.3 is 9.73 Å². The molecule has 2 heterocycles. The number of nitrogens with one attached hydrogen (secondary N) is 1. The molecule has 0 spiro atoms. The molecule has 2 aromatic carbocycles. The maximum atomic E-state index is 12.9. The molecule has 1 unspecified atom stereocenters. The number of aromatic nitrogens is 1. The van der Waals surface area contributed by atoms with Gasteiger partial charge in [-0.1, -0.05) is 18.5 Å². The van der Waals surface area contributed by atoms with Crippen molar-refractivity contribution in [2.45, 2.75) is 37.5 Å². The molecule has 1 fully saturated rings. The first-order valence-electron chi connectivity index (χ1n) is 10.9. The van der Waals surface area contributed by atoms with Gasteiger partial charge in [0.2, 0.25) is 15.9 Å². The monoisotopic (exact) mass is 487 g/mol. The number of halogens is 1. The summed E-state index contributed by atoms with van der Waals surface area (Å²) in [6.45, 7) is 3.16. The third kappa shape index (κ3) is 5.82. The highest BCUT2D eigenvalue weighted by Crippen LogP contribution is 2.25. The molecular weight excluding hydrogens is 462 g/mol. The minimum Gasteiger partial charge on any atom is -0.441 e.